The van der Waals surface area contributed by atoms with Crippen molar-refractivity contribution in [3.63, 3.8) is 0 Å². The van der Waals surface area contributed by atoms with Crippen LogP contribution in [0.15, 0.2) is 54.6 Å². The fraction of sp³-hybridized carbons (Fsp3) is 0.286. The third-order valence-corrected chi connectivity index (χ3v) is 5.12. The lowest BCUT2D eigenvalue weighted by Gasteiger charge is -2.30. The first kappa shape index (κ1) is 18.6. The summed E-state index contributed by atoms with van der Waals surface area (Å²) in [6.07, 6.45) is 0.385. The van der Waals surface area contributed by atoms with Crippen molar-refractivity contribution in [1.29, 1.82) is 0 Å². The van der Waals surface area contributed by atoms with Gasteiger partial charge in [0.25, 0.3) is 0 Å². The Hall–Kier alpha value is -3.15. The summed E-state index contributed by atoms with van der Waals surface area (Å²) in [4.78, 5) is 40.3. The van der Waals surface area contributed by atoms with Crippen LogP contribution in [0.1, 0.15) is 17.5 Å². The summed E-state index contributed by atoms with van der Waals surface area (Å²) in [5.41, 5.74) is 6.83. The second-order valence-electron chi connectivity index (χ2n) is 7.02. The molecule has 3 amide bonds. The summed E-state index contributed by atoms with van der Waals surface area (Å²) in [7, 11) is 3.25. The minimum Gasteiger partial charge on any atom is -0.368 e. The molecule has 1 heterocycles. The van der Waals surface area contributed by atoms with Gasteiger partial charge in [0.1, 0.15) is 0 Å². The Balaban J connectivity index is 2.04. The van der Waals surface area contributed by atoms with Crippen molar-refractivity contribution < 1.29 is 14.4 Å². The molecule has 6 nitrogen and oxygen atoms in total. The number of para-hydroxylation sites is 1. The van der Waals surface area contributed by atoms with Crippen LogP contribution in [0.3, 0.4) is 0 Å². The fourth-order valence-corrected chi connectivity index (χ4v) is 3.78. The Morgan fingerprint density at radius 1 is 1.07 bits per heavy atom. The number of likely N-dealkylation sites (N-methyl/N-ethyl adjacent to an activating group) is 2. The summed E-state index contributed by atoms with van der Waals surface area (Å²) < 4.78 is 0. The van der Waals surface area contributed by atoms with E-state index < -0.39 is 11.3 Å². The summed E-state index contributed by atoms with van der Waals surface area (Å²) in [6.45, 7) is -0.175. The van der Waals surface area contributed by atoms with E-state index in [2.05, 4.69) is 0 Å². The molecule has 0 saturated carbocycles. The van der Waals surface area contributed by atoms with Crippen LogP contribution in [0.4, 0.5) is 5.69 Å². The van der Waals surface area contributed by atoms with Crippen LogP contribution >= 0.6 is 0 Å². The maximum absolute atomic E-state index is 13.3. The summed E-state index contributed by atoms with van der Waals surface area (Å²) >= 11 is 0. The fourth-order valence-electron chi connectivity index (χ4n) is 3.78. The van der Waals surface area contributed by atoms with Gasteiger partial charge in [0.15, 0.2) is 0 Å². The van der Waals surface area contributed by atoms with Crippen LogP contribution in [-0.2, 0) is 26.2 Å². The van der Waals surface area contributed by atoms with E-state index in [4.69, 9.17) is 5.73 Å². The number of rotatable bonds is 6. The molecule has 1 aliphatic heterocycles. The summed E-state index contributed by atoms with van der Waals surface area (Å²) in [6, 6.07) is 17.2. The van der Waals surface area contributed by atoms with Gasteiger partial charge in [0.2, 0.25) is 17.7 Å². The molecule has 0 radical (unpaired) electrons. The Kier molecular flexibility index (Phi) is 4.99. The average Bonchev–Trinajstić information content (AvgIpc) is 2.85. The summed E-state index contributed by atoms with van der Waals surface area (Å²) in [5.74, 6) is -0.991. The number of hydrogen-bond donors (Lipinski definition) is 1. The van der Waals surface area contributed by atoms with Gasteiger partial charge in [-0.05, 0) is 23.6 Å². The van der Waals surface area contributed by atoms with Crippen molar-refractivity contribution in [2.24, 2.45) is 5.73 Å². The maximum atomic E-state index is 13.3. The molecule has 2 aromatic rings. The van der Waals surface area contributed by atoms with Gasteiger partial charge in [-0.1, -0.05) is 48.5 Å². The number of primary amides is 1. The van der Waals surface area contributed by atoms with Crippen LogP contribution in [0.25, 0.3) is 0 Å². The van der Waals surface area contributed by atoms with E-state index >= 15 is 0 Å². The monoisotopic (exact) mass is 365 g/mol. The van der Waals surface area contributed by atoms with Gasteiger partial charge in [0, 0.05) is 26.2 Å². The zero-order valence-corrected chi connectivity index (χ0v) is 15.5. The first-order chi connectivity index (χ1) is 12.8. The van der Waals surface area contributed by atoms with Crippen molar-refractivity contribution in [3.05, 3.63) is 65.7 Å². The quantitative estimate of drug-likeness (QED) is 0.841. The molecular formula is C21H23N3O3. The molecule has 2 aromatic carbocycles. The van der Waals surface area contributed by atoms with Crippen molar-refractivity contribution in [3.8, 4) is 0 Å². The Morgan fingerprint density at radius 2 is 1.70 bits per heavy atom. The predicted molar refractivity (Wildman–Crippen MR) is 103 cm³/mol. The highest BCUT2D eigenvalue weighted by molar-refractivity contribution is 6.10. The van der Waals surface area contributed by atoms with Crippen molar-refractivity contribution in [1.82, 2.24) is 4.90 Å². The number of amides is 3. The molecule has 6 heteroatoms. The van der Waals surface area contributed by atoms with E-state index in [1.54, 1.807) is 11.9 Å². The van der Waals surface area contributed by atoms with Gasteiger partial charge in [0.05, 0.1) is 12.0 Å². The minimum absolute atomic E-state index is 0.0220. The lowest BCUT2D eigenvalue weighted by molar-refractivity contribution is -0.137. The molecule has 2 N–H and O–H groups in total. The van der Waals surface area contributed by atoms with Crippen LogP contribution in [0.2, 0.25) is 0 Å². The largest absolute Gasteiger partial charge is 0.368 e. The molecule has 0 saturated heterocycles. The van der Waals surface area contributed by atoms with E-state index in [0.29, 0.717) is 6.42 Å². The van der Waals surface area contributed by atoms with Crippen LogP contribution in [0.5, 0.6) is 0 Å². The zero-order chi connectivity index (χ0) is 19.6. The third-order valence-electron chi connectivity index (χ3n) is 5.12. The second-order valence-corrected chi connectivity index (χ2v) is 7.02. The third kappa shape index (κ3) is 3.43. The molecule has 27 heavy (non-hydrogen) atoms. The highest BCUT2D eigenvalue weighted by Crippen LogP contribution is 2.45. The zero-order valence-electron chi connectivity index (χ0n) is 15.5. The normalized spacial score (nSPS) is 18.3. The highest BCUT2D eigenvalue weighted by Gasteiger charge is 2.51. The van der Waals surface area contributed by atoms with E-state index in [1.807, 2.05) is 54.6 Å². The smallest absolute Gasteiger partial charge is 0.238 e. The van der Waals surface area contributed by atoms with E-state index in [0.717, 1.165) is 16.8 Å². The highest BCUT2D eigenvalue weighted by atomic mass is 16.2. The SMILES string of the molecule is CN(CC(N)=O)C(=O)C[C@@]1(Cc2ccccc2)C(=O)N(C)c2ccccc21. The summed E-state index contributed by atoms with van der Waals surface area (Å²) in [5, 5.41) is 0. The molecule has 0 bridgehead atoms. The lowest BCUT2D eigenvalue weighted by Crippen LogP contribution is -2.46. The van der Waals surface area contributed by atoms with Crippen molar-refractivity contribution in [2.45, 2.75) is 18.3 Å². The topological polar surface area (TPSA) is 83.7 Å². The molecule has 0 spiro atoms. The van der Waals surface area contributed by atoms with Gasteiger partial charge in [-0.25, -0.2) is 0 Å². The molecule has 0 unspecified atom stereocenters. The number of carbonyl (C=O) groups is 3. The van der Waals surface area contributed by atoms with Crippen LogP contribution in [-0.4, -0.2) is 43.3 Å². The van der Waals surface area contributed by atoms with Gasteiger partial charge in [-0.3, -0.25) is 14.4 Å². The molecule has 3 rings (SSSR count). The van der Waals surface area contributed by atoms with Crippen molar-refractivity contribution >= 4 is 23.4 Å². The number of nitrogens with zero attached hydrogens (tertiary/aromatic N) is 2. The number of hydrogen-bond acceptors (Lipinski definition) is 3. The van der Waals surface area contributed by atoms with Crippen LogP contribution in [0, 0.1) is 0 Å². The molecule has 0 aromatic heterocycles. The number of nitrogens with two attached hydrogens (primary N) is 1. The van der Waals surface area contributed by atoms with E-state index in [-0.39, 0.29) is 24.8 Å². The number of benzene rings is 2. The Bertz CT molecular complexity index is 881. The Labute approximate surface area is 158 Å². The Morgan fingerprint density at radius 3 is 2.37 bits per heavy atom. The molecule has 1 aliphatic rings. The molecular weight excluding hydrogens is 342 g/mol. The standard InChI is InChI=1S/C21H23N3O3/c1-23(14-18(22)25)19(26)13-21(12-15-8-4-3-5-9-15)16-10-6-7-11-17(16)24(2)20(21)27/h3-11H,12-14H2,1-2H3,(H2,22,25)/t21-/m1/s1. The molecule has 1 atom stereocenters. The number of carbonyl (C=O) groups excluding carboxylic acids is 3. The minimum atomic E-state index is -1.00. The second kappa shape index (κ2) is 7.23. The van der Waals surface area contributed by atoms with Gasteiger partial charge >= 0.3 is 0 Å². The van der Waals surface area contributed by atoms with E-state index in [1.165, 1.54) is 11.9 Å². The lowest BCUT2D eigenvalue weighted by atomic mass is 9.73. The molecule has 0 fully saturated rings. The first-order valence-electron chi connectivity index (χ1n) is 8.79. The predicted octanol–water partition coefficient (Wildman–Crippen LogP) is 1.48. The maximum Gasteiger partial charge on any atom is 0.238 e. The molecule has 0 aliphatic carbocycles. The van der Waals surface area contributed by atoms with Crippen molar-refractivity contribution in [2.75, 3.05) is 25.5 Å². The van der Waals surface area contributed by atoms with Gasteiger partial charge in [-0.2, -0.15) is 0 Å². The van der Waals surface area contributed by atoms with Gasteiger partial charge in [-0.15, -0.1) is 0 Å². The number of fused-ring (bicyclic) bond motifs is 1. The molecule has 140 valence electrons. The van der Waals surface area contributed by atoms with Gasteiger partial charge < -0.3 is 15.5 Å². The van der Waals surface area contributed by atoms with E-state index in [9.17, 15) is 14.4 Å². The first-order valence-corrected chi connectivity index (χ1v) is 8.79. The van der Waals surface area contributed by atoms with Crippen LogP contribution < -0.4 is 10.6 Å². The average molecular weight is 365 g/mol. The number of anilines is 1.